The number of amides is 1. The average molecular weight is 491 g/mol. The van der Waals surface area contributed by atoms with Crippen molar-refractivity contribution in [2.24, 2.45) is 0 Å². The van der Waals surface area contributed by atoms with Crippen molar-refractivity contribution >= 4 is 27.7 Å². The van der Waals surface area contributed by atoms with Crippen LogP contribution < -0.4 is 0 Å². The minimum absolute atomic E-state index is 0.104. The molecular formula is C24H27FN2O6S. The molecule has 0 unspecified atom stereocenters. The van der Waals surface area contributed by atoms with Crippen molar-refractivity contribution in [3.05, 3.63) is 65.0 Å². The van der Waals surface area contributed by atoms with Gasteiger partial charge in [0.15, 0.2) is 12.4 Å². The number of aryl methyl sites for hydroxylation is 2. The van der Waals surface area contributed by atoms with Crippen LogP contribution in [-0.4, -0.2) is 68.1 Å². The number of sulfonamides is 1. The fourth-order valence-electron chi connectivity index (χ4n) is 3.61. The van der Waals surface area contributed by atoms with Crippen molar-refractivity contribution in [1.29, 1.82) is 0 Å². The Morgan fingerprint density at radius 1 is 0.941 bits per heavy atom. The minimum Gasteiger partial charge on any atom is -0.457 e. The molecule has 34 heavy (non-hydrogen) atoms. The average Bonchev–Trinajstić information content (AvgIpc) is 2.83. The first-order valence-corrected chi connectivity index (χ1v) is 12.3. The number of ketones is 1. The van der Waals surface area contributed by atoms with Crippen molar-refractivity contribution in [2.75, 3.05) is 32.8 Å². The Labute approximate surface area is 198 Å². The summed E-state index contributed by atoms with van der Waals surface area (Å²) in [4.78, 5) is 38.2. The standard InChI is InChI=1S/C24H27FN2O6S/c1-17-3-4-18(2)22(15-17)34(31,32)27-13-11-26(12-14-27)23(29)9-10-24(30)33-16-21(28)19-5-7-20(25)8-6-19/h3-8,15H,9-14,16H2,1-2H3. The summed E-state index contributed by atoms with van der Waals surface area (Å²) >= 11 is 0. The molecule has 0 atom stereocenters. The zero-order valence-electron chi connectivity index (χ0n) is 19.1. The predicted molar refractivity (Wildman–Crippen MR) is 122 cm³/mol. The molecule has 2 aromatic rings. The fourth-order valence-corrected chi connectivity index (χ4v) is 5.34. The van der Waals surface area contributed by atoms with Crippen LogP contribution in [0, 0.1) is 19.7 Å². The lowest BCUT2D eigenvalue weighted by Gasteiger charge is -2.34. The monoisotopic (exact) mass is 490 g/mol. The number of hydrogen-bond donors (Lipinski definition) is 0. The van der Waals surface area contributed by atoms with E-state index in [1.807, 2.05) is 13.0 Å². The molecule has 0 saturated carbocycles. The third kappa shape index (κ3) is 6.27. The third-order valence-electron chi connectivity index (χ3n) is 5.63. The van der Waals surface area contributed by atoms with Crippen LogP contribution in [0.15, 0.2) is 47.4 Å². The summed E-state index contributed by atoms with van der Waals surface area (Å²) < 4.78 is 45.2. The number of esters is 1. The first kappa shape index (κ1) is 25.5. The van der Waals surface area contributed by atoms with E-state index < -0.39 is 34.2 Å². The van der Waals surface area contributed by atoms with Gasteiger partial charge in [0.1, 0.15) is 5.82 Å². The molecule has 3 rings (SSSR count). The summed E-state index contributed by atoms with van der Waals surface area (Å²) in [5, 5.41) is 0. The van der Waals surface area contributed by atoms with Gasteiger partial charge in [-0.25, -0.2) is 12.8 Å². The SMILES string of the molecule is Cc1ccc(C)c(S(=O)(=O)N2CCN(C(=O)CCC(=O)OCC(=O)c3ccc(F)cc3)CC2)c1. The highest BCUT2D eigenvalue weighted by Gasteiger charge is 2.31. The van der Waals surface area contributed by atoms with Crippen LogP contribution in [-0.2, 0) is 24.3 Å². The van der Waals surface area contributed by atoms with Crippen LogP contribution in [0.1, 0.15) is 34.3 Å². The van der Waals surface area contributed by atoms with Gasteiger partial charge in [0.2, 0.25) is 15.9 Å². The largest absolute Gasteiger partial charge is 0.457 e. The lowest BCUT2D eigenvalue weighted by molar-refractivity contribution is -0.145. The van der Waals surface area contributed by atoms with E-state index in [1.165, 1.54) is 21.3 Å². The first-order valence-electron chi connectivity index (χ1n) is 10.9. The van der Waals surface area contributed by atoms with Crippen molar-refractivity contribution in [1.82, 2.24) is 9.21 Å². The number of nitrogens with zero attached hydrogens (tertiary/aromatic N) is 2. The molecule has 0 N–H and O–H groups in total. The van der Waals surface area contributed by atoms with Gasteiger partial charge >= 0.3 is 5.97 Å². The van der Waals surface area contributed by atoms with Gasteiger partial charge in [-0.15, -0.1) is 0 Å². The molecule has 1 fully saturated rings. The number of carbonyl (C=O) groups is 3. The number of rotatable bonds is 8. The van der Waals surface area contributed by atoms with Crippen molar-refractivity contribution < 1.29 is 31.9 Å². The third-order valence-corrected chi connectivity index (χ3v) is 7.67. The van der Waals surface area contributed by atoms with Gasteiger partial charge < -0.3 is 9.64 Å². The number of carbonyl (C=O) groups excluding carboxylic acids is 3. The zero-order valence-corrected chi connectivity index (χ0v) is 19.9. The molecule has 0 aromatic heterocycles. The molecule has 1 saturated heterocycles. The summed E-state index contributed by atoms with van der Waals surface area (Å²) in [7, 11) is -3.66. The van der Waals surface area contributed by atoms with E-state index in [1.54, 1.807) is 19.1 Å². The van der Waals surface area contributed by atoms with Gasteiger partial charge in [-0.05, 0) is 55.3 Å². The Bertz CT molecular complexity index is 1170. The highest BCUT2D eigenvalue weighted by molar-refractivity contribution is 7.89. The Kier molecular flexibility index (Phi) is 8.16. The number of piperazine rings is 1. The topological polar surface area (TPSA) is 101 Å². The highest BCUT2D eigenvalue weighted by Crippen LogP contribution is 2.22. The summed E-state index contributed by atoms with van der Waals surface area (Å²) in [6.45, 7) is 3.86. The molecule has 0 aliphatic carbocycles. The second kappa shape index (κ2) is 10.9. The molecular weight excluding hydrogens is 463 g/mol. The molecule has 0 radical (unpaired) electrons. The van der Waals surface area contributed by atoms with Crippen molar-refractivity contribution in [3.63, 3.8) is 0 Å². The van der Waals surface area contributed by atoms with Gasteiger partial charge in [-0.1, -0.05) is 12.1 Å². The van der Waals surface area contributed by atoms with E-state index in [-0.39, 0.29) is 55.4 Å². The van der Waals surface area contributed by atoms with Crippen molar-refractivity contribution in [3.8, 4) is 0 Å². The minimum atomic E-state index is -3.66. The van der Waals surface area contributed by atoms with Crippen LogP contribution in [0.25, 0.3) is 0 Å². The van der Waals surface area contributed by atoms with E-state index in [0.29, 0.717) is 5.56 Å². The molecule has 1 aliphatic heterocycles. The molecule has 1 aliphatic rings. The lowest BCUT2D eigenvalue weighted by Crippen LogP contribution is -2.50. The van der Waals surface area contributed by atoms with Crippen LogP contribution in [0.3, 0.4) is 0 Å². The fraction of sp³-hybridized carbons (Fsp3) is 0.375. The maximum absolute atomic E-state index is 13.0. The lowest BCUT2D eigenvalue weighted by atomic mass is 10.1. The second-order valence-corrected chi connectivity index (χ2v) is 10.1. The summed E-state index contributed by atoms with van der Waals surface area (Å²) in [5.41, 5.74) is 1.74. The Balaban J connectivity index is 1.44. The number of halogens is 1. The Hall–Kier alpha value is -3.11. The summed E-state index contributed by atoms with van der Waals surface area (Å²) in [6, 6.07) is 10.2. The maximum atomic E-state index is 13.0. The molecule has 182 valence electrons. The smallest absolute Gasteiger partial charge is 0.306 e. The van der Waals surface area contributed by atoms with Crippen LogP contribution in [0.2, 0.25) is 0 Å². The van der Waals surface area contributed by atoms with Gasteiger partial charge in [0, 0.05) is 38.2 Å². The zero-order chi connectivity index (χ0) is 24.9. The summed E-state index contributed by atoms with van der Waals surface area (Å²) in [5.74, 6) is -1.93. The first-order chi connectivity index (χ1) is 16.1. The van der Waals surface area contributed by atoms with Gasteiger partial charge in [0.25, 0.3) is 0 Å². The van der Waals surface area contributed by atoms with Crippen molar-refractivity contribution in [2.45, 2.75) is 31.6 Å². The maximum Gasteiger partial charge on any atom is 0.306 e. The molecule has 8 nitrogen and oxygen atoms in total. The molecule has 0 spiro atoms. The number of hydrogen-bond acceptors (Lipinski definition) is 6. The molecule has 0 bridgehead atoms. The van der Waals surface area contributed by atoms with Gasteiger partial charge in [0.05, 0.1) is 11.3 Å². The normalized spacial score (nSPS) is 14.6. The molecule has 10 heteroatoms. The van der Waals surface area contributed by atoms with E-state index in [4.69, 9.17) is 4.74 Å². The van der Waals surface area contributed by atoms with E-state index in [9.17, 15) is 27.2 Å². The number of ether oxygens (including phenoxy) is 1. The second-order valence-electron chi connectivity index (χ2n) is 8.14. The van der Waals surface area contributed by atoms with Crippen LogP contribution in [0.4, 0.5) is 4.39 Å². The molecule has 1 amide bonds. The Morgan fingerprint density at radius 3 is 2.24 bits per heavy atom. The molecule has 2 aromatic carbocycles. The van der Waals surface area contributed by atoms with Crippen LogP contribution in [0.5, 0.6) is 0 Å². The Morgan fingerprint density at radius 2 is 1.59 bits per heavy atom. The number of Topliss-reactive ketones (excluding diaryl/α,β-unsaturated/α-hetero) is 1. The van der Waals surface area contributed by atoms with E-state index in [2.05, 4.69) is 0 Å². The summed E-state index contributed by atoms with van der Waals surface area (Å²) in [6.07, 6.45) is -0.302. The number of benzene rings is 2. The molecule has 1 heterocycles. The van der Waals surface area contributed by atoms with Gasteiger partial charge in [-0.3, -0.25) is 14.4 Å². The van der Waals surface area contributed by atoms with Gasteiger partial charge in [-0.2, -0.15) is 4.31 Å². The quantitative estimate of drug-likeness (QED) is 0.416. The van der Waals surface area contributed by atoms with E-state index in [0.717, 1.165) is 17.7 Å². The van der Waals surface area contributed by atoms with E-state index >= 15 is 0 Å². The highest BCUT2D eigenvalue weighted by atomic mass is 32.2. The van der Waals surface area contributed by atoms with Crippen LogP contribution >= 0.6 is 0 Å². The predicted octanol–water partition coefficient (Wildman–Crippen LogP) is 2.48.